The first-order chi connectivity index (χ1) is 13.1. The van der Waals surface area contributed by atoms with Crippen molar-refractivity contribution in [2.24, 2.45) is 5.92 Å². The molecule has 27 heavy (non-hydrogen) atoms. The fraction of sp³-hybridized carbons (Fsp3) is 0.600. The Bertz CT molecular complexity index is 714. The predicted molar refractivity (Wildman–Crippen MR) is 96.1 cm³/mol. The van der Waals surface area contributed by atoms with Crippen molar-refractivity contribution in [1.29, 1.82) is 0 Å². The van der Waals surface area contributed by atoms with Gasteiger partial charge < -0.3 is 24.2 Å². The van der Waals surface area contributed by atoms with E-state index in [9.17, 15) is 9.59 Å². The number of benzene rings is 1. The summed E-state index contributed by atoms with van der Waals surface area (Å²) in [6.07, 6.45) is 2.31. The molecule has 3 aliphatic rings. The highest BCUT2D eigenvalue weighted by molar-refractivity contribution is 5.84. The Balaban J connectivity index is 1.45. The second kappa shape index (κ2) is 7.76. The molecule has 4 rings (SSSR count). The Kier molecular flexibility index (Phi) is 5.20. The van der Waals surface area contributed by atoms with Crippen molar-refractivity contribution in [3.05, 3.63) is 23.8 Å². The summed E-state index contributed by atoms with van der Waals surface area (Å²) < 4.78 is 16.6. The molecule has 0 aromatic heterocycles. The zero-order valence-electron chi connectivity index (χ0n) is 15.3. The van der Waals surface area contributed by atoms with Gasteiger partial charge in [0.2, 0.25) is 5.91 Å². The van der Waals surface area contributed by atoms with Gasteiger partial charge in [0.05, 0.1) is 6.42 Å². The van der Waals surface area contributed by atoms with Crippen molar-refractivity contribution in [2.75, 3.05) is 33.0 Å². The van der Waals surface area contributed by atoms with E-state index in [4.69, 9.17) is 19.3 Å². The quantitative estimate of drug-likeness (QED) is 0.819. The zero-order valence-corrected chi connectivity index (χ0v) is 15.3. The molecule has 1 aliphatic carbocycles. The number of carboxylic acids is 1. The molecule has 2 aliphatic heterocycles. The minimum absolute atomic E-state index is 0.0233. The van der Waals surface area contributed by atoms with Gasteiger partial charge in [-0.1, -0.05) is 6.07 Å². The van der Waals surface area contributed by atoms with Gasteiger partial charge in [-0.15, -0.1) is 0 Å². The molecule has 7 nitrogen and oxygen atoms in total. The van der Waals surface area contributed by atoms with E-state index in [2.05, 4.69) is 0 Å². The van der Waals surface area contributed by atoms with Crippen LogP contribution < -0.4 is 9.47 Å². The topological polar surface area (TPSA) is 85.3 Å². The Labute approximate surface area is 158 Å². The van der Waals surface area contributed by atoms with E-state index in [1.54, 1.807) is 4.90 Å². The first-order valence-electron chi connectivity index (χ1n) is 9.63. The van der Waals surface area contributed by atoms with Crippen molar-refractivity contribution < 1.29 is 28.9 Å². The molecule has 7 heteroatoms. The number of ether oxygens (including phenoxy) is 3. The molecule has 1 saturated heterocycles. The first kappa shape index (κ1) is 18.1. The summed E-state index contributed by atoms with van der Waals surface area (Å²) in [5.74, 6) is 0.773. The molecule has 2 fully saturated rings. The highest BCUT2D eigenvalue weighted by Gasteiger charge is 2.47. The average molecular weight is 375 g/mol. The maximum absolute atomic E-state index is 13.1. The van der Waals surface area contributed by atoms with Crippen LogP contribution in [0.2, 0.25) is 0 Å². The van der Waals surface area contributed by atoms with Gasteiger partial charge in [0.1, 0.15) is 13.2 Å². The van der Waals surface area contributed by atoms with Crippen LogP contribution in [-0.4, -0.2) is 60.9 Å². The van der Waals surface area contributed by atoms with Crippen LogP contribution in [0.3, 0.4) is 0 Å². The summed E-state index contributed by atoms with van der Waals surface area (Å²) in [7, 11) is 0. The van der Waals surface area contributed by atoms with Crippen LogP contribution >= 0.6 is 0 Å². The maximum Gasteiger partial charge on any atom is 0.305 e. The minimum Gasteiger partial charge on any atom is -0.486 e. The smallest absolute Gasteiger partial charge is 0.305 e. The molecule has 1 aromatic rings. The van der Waals surface area contributed by atoms with Gasteiger partial charge in [0, 0.05) is 31.7 Å². The van der Waals surface area contributed by atoms with E-state index in [1.165, 1.54) is 0 Å². The van der Waals surface area contributed by atoms with E-state index in [0.29, 0.717) is 26.4 Å². The molecule has 0 bridgehead atoms. The highest BCUT2D eigenvalue weighted by Crippen LogP contribution is 2.50. The third-order valence-corrected chi connectivity index (χ3v) is 5.58. The van der Waals surface area contributed by atoms with Crippen molar-refractivity contribution >= 4 is 11.9 Å². The molecule has 2 heterocycles. The lowest BCUT2D eigenvalue weighted by Gasteiger charge is -2.34. The Morgan fingerprint density at radius 3 is 2.56 bits per heavy atom. The number of nitrogens with zero attached hydrogens (tertiary/aromatic N) is 1. The molecular formula is C20H25NO6. The summed E-state index contributed by atoms with van der Waals surface area (Å²) in [6.45, 7) is 2.61. The fourth-order valence-electron chi connectivity index (χ4n) is 4.03. The highest BCUT2D eigenvalue weighted by atomic mass is 16.6. The molecule has 1 saturated carbocycles. The minimum atomic E-state index is -0.876. The lowest BCUT2D eigenvalue weighted by Crippen LogP contribution is -2.45. The van der Waals surface area contributed by atoms with Gasteiger partial charge in [-0.05, 0) is 42.9 Å². The molecule has 0 radical (unpaired) electrons. The number of hydrogen-bond donors (Lipinski definition) is 1. The van der Waals surface area contributed by atoms with Crippen LogP contribution in [0.25, 0.3) is 0 Å². The lowest BCUT2D eigenvalue weighted by atomic mass is 10.0. The van der Waals surface area contributed by atoms with Crippen molar-refractivity contribution in [2.45, 2.75) is 37.6 Å². The van der Waals surface area contributed by atoms with E-state index in [0.717, 1.165) is 36.3 Å². The molecule has 1 amide bonds. The molecular weight excluding hydrogens is 350 g/mol. The van der Waals surface area contributed by atoms with Crippen molar-refractivity contribution in [3.63, 3.8) is 0 Å². The number of carbonyl (C=O) groups excluding carboxylic acids is 1. The molecule has 1 N–H and O–H groups in total. The van der Waals surface area contributed by atoms with Gasteiger partial charge in [-0.2, -0.15) is 0 Å². The third kappa shape index (κ3) is 4.03. The molecule has 1 aromatic carbocycles. The predicted octanol–water partition coefficient (Wildman–Crippen LogP) is 2.04. The largest absolute Gasteiger partial charge is 0.486 e. The van der Waals surface area contributed by atoms with Gasteiger partial charge in [0.25, 0.3) is 0 Å². The molecule has 2 atom stereocenters. The normalized spacial score (nSPS) is 24.3. The lowest BCUT2D eigenvalue weighted by molar-refractivity contribution is -0.141. The molecule has 0 unspecified atom stereocenters. The van der Waals surface area contributed by atoms with Crippen LogP contribution in [0.15, 0.2) is 18.2 Å². The number of carboxylic acid groups (broad SMARTS) is 1. The Morgan fingerprint density at radius 2 is 1.81 bits per heavy atom. The van der Waals surface area contributed by atoms with Gasteiger partial charge in [-0.25, -0.2) is 0 Å². The summed E-state index contributed by atoms with van der Waals surface area (Å²) >= 11 is 0. The number of amides is 1. The number of aliphatic carboxylic acids is 1. The number of fused-ring (bicyclic) bond motifs is 1. The summed E-state index contributed by atoms with van der Waals surface area (Å²) in [5.41, 5.74) is 1.09. The second-order valence-electron chi connectivity index (χ2n) is 7.37. The van der Waals surface area contributed by atoms with Crippen LogP contribution in [0.5, 0.6) is 11.5 Å². The Hall–Kier alpha value is -2.28. The van der Waals surface area contributed by atoms with Crippen molar-refractivity contribution in [3.8, 4) is 11.5 Å². The third-order valence-electron chi connectivity index (χ3n) is 5.58. The fourth-order valence-corrected chi connectivity index (χ4v) is 4.03. The number of hydrogen-bond acceptors (Lipinski definition) is 5. The van der Waals surface area contributed by atoms with Crippen molar-refractivity contribution in [1.82, 2.24) is 4.90 Å². The summed E-state index contributed by atoms with van der Waals surface area (Å²) in [6, 6.07) is 5.96. The van der Waals surface area contributed by atoms with Crippen LogP contribution in [0, 0.1) is 5.92 Å². The van der Waals surface area contributed by atoms with Gasteiger partial charge in [0.15, 0.2) is 11.5 Å². The van der Waals surface area contributed by atoms with E-state index in [1.807, 2.05) is 18.2 Å². The van der Waals surface area contributed by atoms with E-state index < -0.39 is 5.97 Å². The van der Waals surface area contributed by atoms with Gasteiger partial charge >= 0.3 is 5.97 Å². The summed E-state index contributed by atoms with van der Waals surface area (Å²) in [5, 5.41) is 9.05. The van der Waals surface area contributed by atoms with E-state index in [-0.39, 0.29) is 36.8 Å². The number of rotatable bonds is 6. The SMILES string of the molecule is O=C(O)CCN(C(=O)[C@H]1C[C@H]1c1ccc2c(c1)OCCO2)C1CCOCC1. The first-order valence-corrected chi connectivity index (χ1v) is 9.63. The average Bonchev–Trinajstić information content (AvgIpc) is 3.49. The molecule has 146 valence electrons. The Morgan fingerprint density at radius 1 is 1.07 bits per heavy atom. The van der Waals surface area contributed by atoms with E-state index >= 15 is 0 Å². The second-order valence-corrected chi connectivity index (χ2v) is 7.37. The zero-order chi connectivity index (χ0) is 18.8. The van der Waals surface area contributed by atoms with Crippen LogP contribution in [-0.2, 0) is 14.3 Å². The standard InChI is InChI=1S/C20H25NO6/c22-19(23)3-6-21(14-4-7-25-8-5-14)20(24)16-12-15(16)13-1-2-17-18(11-13)27-10-9-26-17/h1-2,11,14-16H,3-10,12H2,(H,22,23)/t15-,16-/m0/s1. The van der Waals surface area contributed by atoms with Crippen LogP contribution in [0.4, 0.5) is 0 Å². The van der Waals surface area contributed by atoms with Gasteiger partial charge in [-0.3, -0.25) is 9.59 Å². The molecule has 0 spiro atoms. The van der Waals surface area contributed by atoms with Crippen LogP contribution in [0.1, 0.15) is 37.2 Å². The summed E-state index contributed by atoms with van der Waals surface area (Å²) in [4.78, 5) is 25.9. The monoisotopic (exact) mass is 375 g/mol. The maximum atomic E-state index is 13.1. The number of carbonyl (C=O) groups is 2.